The number of aromatic nitrogens is 2. The molecular weight excluding hydrogens is 278 g/mol. The summed E-state index contributed by atoms with van der Waals surface area (Å²) in [6.45, 7) is 7.37. The quantitative estimate of drug-likeness (QED) is 0.743. The lowest BCUT2D eigenvalue weighted by molar-refractivity contribution is 0.564. The number of para-hydroxylation sites is 1. The number of hydrogen-bond acceptors (Lipinski definition) is 3. The average molecular weight is 299 g/mol. The Hall–Kier alpha value is -1.65. The first kappa shape index (κ1) is 14.3. The lowest BCUT2D eigenvalue weighted by Crippen LogP contribution is -2.22. The van der Waals surface area contributed by atoms with Crippen LogP contribution >= 0.6 is 11.3 Å². The van der Waals surface area contributed by atoms with Gasteiger partial charge in [-0.25, -0.2) is 4.98 Å². The molecule has 0 bridgehead atoms. The Morgan fingerprint density at radius 3 is 2.86 bits per heavy atom. The number of fused-ring (bicyclic) bond motifs is 1. The first-order chi connectivity index (χ1) is 10.1. The van der Waals surface area contributed by atoms with Crippen molar-refractivity contribution in [3.63, 3.8) is 0 Å². The molecule has 2 aromatic heterocycles. The van der Waals surface area contributed by atoms with E-state index in [-0.39, 0.29) is 0 Å². The van der Waals surface area contributed by atoms with Crippen molar-refractivity contribution in [2.45, 2.75) is 33.2 Å². The Kier molecular flexibility index (Phi) is 4.08. The summed E-state index contributed by atoms with van der Waals surface area (Å²) in [5, 5.41) is 6.06. The summed E-state index contributed by atoms with van der Waals surface area (Å²) in [5.74, 6) is 0. The molecule has 21 heavy (non-hydrogen) atoms. The minimum absolute atomic E-state index is 0.306. The van der Waals surface area contributed by atoms with E-state index in [1.807, 2.05) is 0 Å². The number of benzene rings is 1. The van der Waals surface area contributed by atoms with E-state index in [1.165, 1.54) is 27.0 Å². The van der Waals surface area contributed by atoms with Gasteiger partial charge in [-0.1, -0.05) is 18.2 Å². The second-order valence-electron chi connectivity index (χ2n) is 5.46. The van der Waals surface area contributed by atoms with Crippen molar-refractivity contribution in [3.05, 3.63) is 51.6 Å². The number of rotatable bonds is 5. The fourth-order valence-electron chi connectivity index (χ4n) is 2.81. The molecule has 0 radical (unpaired) electrons. The van der Waals surface area contributed by atoms with Crippen LogP contribution in [0.1, 0.15) is 34.1 Å². The molecule has 1 unspecified atom stereocenters. The molecule has 2 heterocycles. The molecule has 4 heteroatoms. The highest BCUT2D eigenvalue weighted by molar-refractivity contribution is 7.11. The number of H-pyrrole nitrogens is 1. The van der Waals surface area contributed by atoms with Gasteiger partial charge in [-0.2, -0.15) is 0 Å². The van der Waals surface area contributed by atoms with Crippen molar-refractivity contribution in [2.24, 2.45) is 0 Å². The molecular formula is C17H21N3S. The summed E-state index contributed by atoms with van der Waals surface area (Å²) < 4.78 is 0. The van der Waals surface area contributed by atoms with Gasteiger partial charge in [0.1, 0.15) is 0 Å². The zero-order valence-corrected chi connectivity index (χ0v) is 13.6. The van der Waals surface area contributed by atoms with Crippen LogP contribution in [0, 0.1) is 13.8 Å². The van der Waals surface area contributed by atoms with Crippen molar-refractivity contribution in [1.29, 1.82) is 0 Å². The maximum Gasteiger partial charge on any atom is 0.0900 e. The predicted octanol–water partition coefficient (Wildman–Crippen LogP) is 4.13. The Balaban J connectivity index is 1.62. The lowest BCUT2D eigenvalue weighted by Gasteiger charge is -2.12. The monoisotopic (exact) mass is 299 g/mol. The van der Waals surface area contributed by atoms with E-state index < -0.39 is 0 Å². The van der Waals surface area contributed by atoms with Gasteiger partial charge >= 0.3 is 0 Å². The molecule has 0 aliphatic carbocycles. The summed E-state index contributed by atoms with van der Waals surface area (Å²) in [7, 11) is 0. The number of aryl methyl sites for hydroxylation is 2. The van der Waals surface area contributed by atoms with E-state index in [0.717, 1.165) is 18.0 Å². The number of aromatic amines is 1. The standard InChI is InChI=1S/C17H21N3S/c1-11(17-12(2)21-13(3)20-17)18-9-8-14-10-19-16-7-5-4-6-15(14)16/h4-7,10-11,18-19H,8-9H2,1-3H3. The second kappa shape index (κ2) is 6.00. The number of hydrogen-bond donors (Lipinski definition) is 2. The molecule has 3 rings (SSSR count). The van der Waals surface area contributed by atoms with Crippen molar-refractivity contribution >= 4 is 22.2 Å². The van der Waals surface area contributed by atoms with Gasteiger partial charge in [0, 0.05) is 28.0 Å². The molecule has 0 aliphatic rings. The zero-order chi connectivity index (χ0) is 14.8. The number of thiazole rings is 1. The topological polar surface area (TPSA) is 40.7 Å². The van der Waals surface area contributed by atoms with Crippen LogP contribution in [-0.2, 0) is 6.42 Å². The molecule has 0 aliphatic heterocycles. The highest BCUT2D eigenvalue weighted by Gasteiger charge is 2.12. The van der Waals surface area contributed by atoms with Crippen molar-refractivity contribution in [3.8, 4) is 0 Å². The summed E-state index contributed by atoms with van der Waals surface area (Å²) in [4.78, 5) is 9.28. The number of nitrogens with one attached hydrogen (secondary N) is 2. The molecule has 0 saturated heterocycles. The van der Waals surface area contributed by atoms with E-state index in [4.69, 9.17) is 0 Å². The van der Waals surface area contributed by atoms with E-state index in [0.29, 0.717) is 6.04 Å². The molecule has 3 nitrogen and oxygen atoms in total. The first-order valence-electron chi connectivity index (χ1n) is 7.37. The van der Waals surface area contributed by atoms with Crippen LogP contribution in [-0.4, -0.2) is 16.5 Å². The van der Waals surface area contributed by atoms with Gasteiger partial charge in [-0.15, -0.1) is 11.3 Å². The van der Waals surface area contributed by atoms with E-state index >= 15 is 0 Å². The Bertz CT molecular complexity index is 741. The van der Waals surface area contributed by atoms with Crippen LogP contribution < -0.4 is 5.32 Å². The van der Waals surface area contributed by atoms with Gasteiger partial charge in [0.15, 0.2) is 0 Å². The van der Waals surface area contributed by atoms with Gasteiger partial charge in [-0.3, -0.25) is 0 Å². The van der Waals surface area contributed by atoms with Crippen molar-refractivity contribution in [2.75, 3.05) is 6.54 Å². The molecule has 3 aromatic rings. The number of nitrogens with zero attached hydrogens (tertiary/aromatic N) is 1. The van der Waals surface area contributed by atoms with E-state index in [1.54, 1.807) is 11.3 Å². The smallest absolute Gasteiger partial charge is 0.0900 e. The van der Waals surface area contributed by atoms with Crippen LogP contribution in [0.15, 0.2) is 30.5 Å². The highest BCUT2D eigenvalue weighted by atomic mass is 32.1. The van der Waals surface area contributed by atoms with Crippen LogP contribution in [0.3, 0.4) is 0 Å². The Morgan fingerprint density at radius 1 is 1.29 bits per heavy atom. The highest BCUT2D eigenvalue weighted by Crippen LogP contribution is 2.22. The van der Waals surface area contributed by atoms with Gasteiger partial charge in [0.25, 0.3) is 0 Å². The fourth-order valence-corrected chi connectivity index (χ4v) is 3.72. The van der Waals surface area contributed by atoms with Crippen LogP contribution in [0.25, 0.3) is 10.9 Å². The third kappa shape index (κ3) is 3.01. The molecule has 0 amide bonds. The van der Waals surface area contributed by atoms with Gasteiger partial charge in [0.2, 0.25) is 0 Å². The van der Waals surface area contributed by atoms with Crippen molar-refractivity contribution in [1.82, 2.24) is 15.3 Å². The molecule has 0 spiro atoms. The van der Waals surface area contributed by atoms with Gasteiger partial charge in [-0.05, 0) is 45.4 Å². The van der Waals surface area contributed by atoms with Crippen LogP contribution in [0.2, 0.25) is 0 Å². The molecule has 110 valence electrons. The van der Waals surface area contributed by atoms with Crippen LogP contribution in [0.5, 0.6) is 0 Å². The van der Waals surface area contributed by atoms with Gasteiger partial charge < -0.3 is 10.3 Å². The van der Waals surface area contributed by atoms with E-state index in [2.05, 4.69) is 66.5 Å². The molecule has 2 N–H and O–H groups in total. The summed E-state index contributed by atoms with van der Waals surface area (Å²) in [6, 6.07) is 8.77. The minimum atomic E-state index is 0.306. The van der Waals surface area contributed by atoms with Crippen LogP contribution in [0.4, 0.5) is 0 Å². The largest absolute Gasteiger partial charge is 0.361 e. The summed E-state index contributed by atoms with van der Waals surface area (Å²) >= 11 is 1.77. The third-order valence-electron chi connectivity index (χ3n) is 3.87. The van der Waals surface area contributed by atoms with Gasteiger partial charge in [0.05, 0.1) is 10.7 Å². The third-order valence-corrected chi connectivity index (χ3v) is 4.77. The summed E-state index contributed by atoms with van der Waals surface area (Å²) in [5.41, 5.74) is 3.78. The average Bonchev–Trinajstić information content (AvgIpc) is 3.02. The maximum atomic E-state index is 4.63. The molecule has 1 atom stereocenters. The van der Waals surface area contributed by atoms with E-state index in [9.17, 15) is 0 Å². The summed E-state index contributed by atoms with van der Waals surface area (Å²) in [6.07, 6.45) is 3.14. The minimum Gasteiger partial charge on any atom is -0.361 e. The zero-order valence-electron chi connectivity index (χ0n) is 12.7. The first-order valence-corrected chi connectivity index (χ1v) is 8.19. The SMILES string of the molecule is Cc1nc(C(C)NCCc2c[nH]c3ccccc23)c(C)s1. The fraction of sp³-hybridized carbons (Fsp3) is 0.353. The lowest BCUT2D eigenvalue weighted by atomic mass is 10.1. The Labute approximate surface area is 129 Å². The second-order valence-corrected chi connectivity index (χ2v) is 6.87. The van der Waals surface area contributed by atoms with Crippen molar-refractivity contribution < 1.29 is 0 Å². The molecule has 0 saturated carbocycles. The molecule has 0 fully saturated rings. The molecule has 1 aromatic carbocycles. The maximum absolute atomic E-state index is 4.63. The predicted molar refractivity (Wildman–Crippen MR) is 90.0 cm³/mol. The normalized spacial score (nSPS) is 12.9. The Morgan fingerprint density at radius 2 is 2.10 bits per heavy atom.